The average molecular weight is 370 g/mol. The molecular formula is C19H22F3NO3. The molecule has 1 fully saturated rings. The lowest BCUT2D eigenvalue weighted by Crippen LogP contribution is -2.37. The third-order valence-corrected chi connectivity index (χ3v) is 4.28. The molecule has 0 spiro atoms. The summed E-state index contributed by atoms with van der Waals surface area (Å²) in [4.78, 5) is 10.8. The lowest BCUT2D eigenvalue weighted by atomic mass is 9.85. The van der Waals surface area contributed by atoms with E-state index in [1.165, 1.54) is 18.2 Å². The minimum Gasteiger partial charge on any atom is -0.388 e. The van der Waals surface area contributed by atoms with Gasteiger partial charge in [0.1, 0.15) is 5.60 Å². The molecule has 0 radical (unpaired) electrons. The molecule has 1 unspecified atom stereocenters. The van der Waals surface area contributed by atoms with Crippen LogP contribution in [0.1, 0.15) is 57.1 Å². The molecule has 1 atom stereocenters. The van der Waals surface area contributed by atoms with E-state index in [0.29, 0.717) is 24.0 Å². The summed E-state index contributed by atoms with van der Waals surface area (Å²) in [5, 5.41) is 22.2. The molecule has 4 nitrogen and oxygen atoms in total. The third-order valence-electron chi connectivity index (χ3n) is 4.28. The van der Waals surface area contributed by atoms with E-state index in [2.05, 4.69) is 11.8 Å². The fourth-order valence-electron chi connectivity index (χ4n) is 2.79. The molecule has 1 aromatic rings. The Morgan fingerprint density at radius 1 is 1.35 bits per heavy atom. The van der Waals surface area contributed by atoms with Gasteiger partial charge in [-0.2, -0.15) is 13.2 Å². The van der Waals surface area contributed by atoms with Crippen LogP contribution >= 0.6 is 0 Å². The van der Waals surface area contributed by atoms with Gasteiger partial charge in [0.15, 0.2) is 0 Å². The van der Waals surface area contributed by atoms with Crippen molar-refractivity contribution in [1.82, 2.24) is 5.32 Å². The Hall–Kier alpha value is -2.04. The van der Waals surface area contributed by atoms with Crippen molar-refractivity contribution in [3.63, 3.8) is 0 Å². The van der Waals surface area contributed by atoms with Crippen molar-refractivity contribution < 1.29 is 29.5 Å². The molecule has 0 aromatic heterocycles. The highest BCUT2D eigenvalue weighted by Crippen LogP contribution is 2.27. The summed E-state index contributed by atoms with van der Waals surface area (Å²) in [7, 11) is 0. The quantitative estimate of drug-likeness (QED) is 0.714. The maximum Gasteiger partial charge on any atom is 0.471 e. The van der Waals surface area contributed by atoms with Crippen LogP contribution in [-0.4, -0.2) is 34.4 Å². The summed E-state index contributed by atoms with van der Waals surface area (Å²) in [6.07, 6.45) is -2.20. The number of nitrogens with one attached hydrogen (secondary N) is 1. The minimum atomic E-state index is -4.96. The number of carbonyl (C=O) groups excluding carboxylic acids is 1. The zero-order valence-corrected chi connectivity index (χ0v) is 14.2. The molecule has 0 aliphatic heterocycles. The van der Waals surface area contributed by atoms with Crippen molar-refractivity contribution in [3.8, 4) is 11.8 Å². The van der Waals surface area contributed by atoms with Crippen molar-refractivity contribution in [2.24, 2.45) is 0 Å². The van der Waals surface area contributed by atoms with Gasteiger partial charge in [0.25, 0.3) is 0 Å². The Morgan fingerprint density at radius 3 is 2.69 bits per heavy atom. The molecule has 1 saturated carbocycles. The Labute approximate surface area is 151 Å². The lowest BCUT2D eigenvalue weighted by Gasteiger charge is -2.26. The van der Waals surface area contributed by atoms with Crippen LogP contribution in [-0.2, 0) is 4.79 Å². The zero-order chi connectivity index (χ0) is 20.1. The molecular weight excluding hydrogens is 347 g/mol. The number of amides is 1. The van der Waals surface area contributed by atoms with Gasteiger partial charge in [-0.25, -0.2) is 0 Å². The van der Waals surface area contributed by atoms with Crippen molar-refractivity contribution in [1.29, 1.82) is 0 Å². The van der Waals surface area contributed by atoms with Gasteiger partial charge in [0.2, 0.25) is 0 Å². The van der Waals surface area contributed by atoms with E-state index in [0.717, 1.165) is 19.3 Å². The van der Waals surface area contributed by atoms with E-state index in [4.69, 9.17) is 1.37 Å². The van der Waals surface area contributed by atoms with Gasteiger partial charge in [-0.05, 0) is 49.8 Å². The van der Waals surface area contributed by atoms with E-state index in [1.807, 2.05) is 0 Å². The molecule has 142 valence electrons. The molecule has 26 heavy (non-hydrogen) atoms. The van der Waals surface area contributed by atoms with Gasteiger partial charge in [-0.15, -0.1) is 0 Å². The topological polar surface area (TPSA) is 69.6 Å². The Balaban J connectivity index is 2.03. The number of halogens is 3. The molecule has 0 heterocycles. The van der Waals surface area contributed by atoms with E-state index < -0.39 is 23.8 Å². The van der Waals surface area contributed by atoms with Gasteiger partial charge in [0, 0.05) is 12.1 Å². The second-order valence-corrected chi connectivity index (χ2v) is 6.46. The predicted molar refractivity (Wildman–Crippen MR) is 90.0 cm³/mol. The van der Waals surface area contributed by atoms with Crippen LogP contribution in [0.4, 0.5) is 13.2 Å². The Kier molecular flexibility index (Phi) is 6.17. The van der Waals surface area contributed by atoms with E-state index in [1.54, 1.807) is 5.32 Å². The van der Waals surface area contributed by atoms with Crippen LogP contribution in [0.2, 0.25) is 0 Å². The standard InChI is InChI=1S/C19H22F3NO3/c20-19(21,22)17(25)23-12-8-16(24)15-6-4-5-14(13-15)7-11-18(26)9-2-1-3-10-18/h4-6,13,16,24,26H,1-3,8-10,12H2,(H,23,25)/i4D. The molecule has 1 aliphatic rings. The Morgan fingerprint density at radius 2 is 2.04 bits per heavy atom. The maximum atomic E-state index is 12.1. The minimum absolute atomic E-state index is 0.0887. The number of aliphatic hydroxyl groups excluding tert-OH is 1. The molecule has 0 bridgehead atoms. The smallest absolute Gasteiger partial charge is 0.388 e. The molecule has 3 N–H and O–H groups in total. The summed E-state index contributed by atoms with van der Waals surface area (Å²) >= 11 is 0. The number of benzene rings is 1. The normalized spacial score (nSPS) is 18.3. The van der Waals surface area contributed by atoms with Crippen LogP contribution in [0.5, 0.6) is 0 Å². The molecule has 7 heteroatoms. The highest BCUT2D eigenvalue weighted by atomic mass is 19.4. The first-order valence-electron chi connectivity index (χ1n) is 8.99. The first kappa shape index (κ1) is 18.7. The average Bonchev–Trinajstić information content (AvgIpc) is 2.59. The van der Waals surface area contributed by atoms with Crippen LogP contribution in [0.25, 0.3) is 0 Å². The van der Waals surface area contributed by atoms with Crippen LogP contribution in [0, 0.1) is 11.8 Å². The first-order valence-corrected chi connectivity index (χ1v) is 8.49. The van der Waals surface area contributed by atoms with Crippen LogP contribution in [0.15, 0.2) is 24.2 Å². The fourth-order valence-corrected chi connectivity index (χ4v) is 2.79. The largest absolute Gasteiger partial charge is 0.471 e. The maximum absolute atomic E-state index is 12.1. The second kappa shape index (κ2) is 8.56. The SMILES string of the molecule is [2H]c1cc(C#CC2(O)CCCCC2)cc(C(O)CCNC(=O)C(F)(F)F)c1. The van der Waals surface area contributed by atoms with Gasteiger partial charge >= 0.3 is 12.1 Å². The number of hydrogen-bond donors (Lipinski definition) is 3. The molecule has 1 amide bonds. The number of carbonyl (C=O) groups is 1. The predicted octanol–water partition coefficient (Wildman–Crippen LogP) is 2.84. The first-order chi connectivity index (χ1) is 12.6. The highest BCUT2D eigenvalue weighted by Gasteiger charge is 2.38. The highest BCUT2D eigenvalue weighted by molar-refractivity contribution is 5.81. The van der Waals surface area contributed by atoms with Crippen molar-refractivity contribution >= 4 is 5.91 Å². The van der Waals surface area contributed by atoms with Gasteiger partial charge in [-0.3, -0.25) is 4.79 Å². The summed E-state index contributed by atoms with van der Waals surface area (Å²) in [6, 6.07) is 4.50. The number of aliphatic hydroxyl groups is 2. The summed E-state index contributed by atoms with van der Waals surface area (Å²) in [6.45, 7) is -0.359. The zero-order valence-electron chi connectivity index (χ0n) is 15.2. The van der Waals surface area contributed by atoms with Crippen LogP contribution < -0.4 is 5.32 Å². The Bertz CT molecular complexity index is 734. The lowest BCUT2D eigenvalue weighted by molar-refractivity contribution is -0.173. The van der Waals surface area contributed by atoms with E-state index in [9.17, 15) is 28.2 Å². The monoisotopic (exact) mass is 370 g/mol. The van der Waals surface area contributed by atoms with Gasteiger partial charge in [0.05, 0.1) is 7.47 Å². The fraction of sp³-hybridized carbons (Fsp3) is 0.526. The summed E-state index contributed by atoms with van der Waals surface area (Å²) in [5.41, 5.74) is -0.282. The molecule has 0 saturated heterocycles. The number of rotatable bonds is 4. The van der Waals surface area contributed by atoms with E-state index >= 15 is 0 Å². The molecule has 2 rings (SSSR count). The molecule has 1 aromatic carbocycles. The van der Waals surface area contributed by atoms with Gasteiger partial charge < -0.3 is 15.5 Å². The van der Waals surface area contributed by atoms with Crippen molar-refractivity contribution in [2.75, 3.05) is 6.54 Å². The van der Waals surface area contributed by atoms with Crippen molar-refractivity contribution in [3.05, 3.63) is 35.4 Å². The molecule has 1 aliphatic carbocycles. The summed E-state index contributed by atoms with van der Waals surface area (Å²) < 4.78 is 44.2. The van der Waals surface area contributed by atoms with E-state index in [-0.39, 0.29) is 19.0 Å². The third kappa shape index (κ3) is 6.04. The number of hydrogen-bond acceptors (Lipinski definition) is 3. The van der Waals surface area contributed by atoms with Crippen molar-refractivity contribution in [2.45, 2.75) is 56.4 Å². The van der Waals surface area contributed by atoms with Crippen LogP contribution in [0.3, 0.4) is 0 Å². The second-order valence-electron chi connectivity index (χ2n) is 6.46. The summed E-state index contributed by atoms with van der Waals surface area (Å²) in [5.74, 6) is 3.62. The number of alkyl halides is 3. The van der Waals surface area contributed by atoms with Gasteiger partial charge in [-0.1, -0.05) is 30.4 Å².